The van der Waals surface area contributed by atoms with E-state index in [4.69, 9.17) is 38.1 Å². The van der Waals surface area contributed by atoms with Crippen LogP contribution < -0.4 is 0 Å². The van der Waals surface area contributed by atoms with Crippen molar-refractivity contribution < 1.29 is 9.47 Å². The molecule has 138 valence electrons. The Hall–Kier alpha value is -2.30. The van der Waals surface area contributed by atoms with Crippen molar-refractivity contribution in [1.29, 1.82) is 21.2 Å². The van der Waals surface area contributed by atoms with Crippen molar-refractivity contribution in [3.8, 4) is 18.2 Å². The van der Waals surface area contributed by atoms with Gasteiger partial charge in [-0.15, -0.1) is 0 Å². The summed E-state index contributed by atoms with van der Waals surface area (Å²) in [6.45, 7) is 3.55. The first-order valence-corrected chi connectivity index (χ1v) is 9.16. The van der Waals surface area contributed by atoms with Crippen molar-refractivity contribution >= 4 is 29.1 Å². The molecule has 1 aromatic carbocycles. The fourth-order valence-corrected chi connectivity index (χ4v) is 4.82. The molecule has 6 nitrogen and oxygen atoms in total. The Bertz CT molecular complexity index is 930. The maximum Gasteiger partial charge on any atom is 0.214 e. The van der Waals surface area contributed by atoms with Crippen LogP contribution in [0.1, 0.15) is 38.4 Å². The lowest BCUT2D eigenvalue weighted by molar-refractivity contribution is -0.273. The normalized spacial score (nSPS) is 33.4. The van der Waals surface area contributed by atoms with Crippen LogP contribution in [0.15, 0.2) is 18.2 Å². The number of hydrogen-bond donors (Lipinski definition) is 1. The van der Waals surface area contributed by atoms with E-state index in [1.54, 1.807) is 19.1 Å². The second-order valence-electron chi connectivity index (χ2n) is 6.90. The number of nitriles is 3. The average molecular weight is 403 g/mol. The lowest BCUT2D eigenvalue weighted by atomic mass is 9.53. The summed E-state index contributed by atoms with van der Waals surface area (Å²) in [4.78, 5) is 0. The van der Waals surface area contributed by atoms with Gasteiger partial charge in [0.1, 0.15) is 6.10 Å². The zero-order valence-electron chi connectivity index (χ0n) is 14.7. The fourth-order valence-electron chi connectivity index (χ4n) is 4.31. The predicted octanol–water partition coefficient (Wildman–Crippen LogP) is 4.75. The highest BCUT2D eigenvalue weighted by Gasteiger charge is 2.79. The van der Waals surface area contributed by atoms with E-state index in [9.17, 15) is 15.8 Å². The first-order valence-electron chi connectivity index (χ1n) is 8.40. The quantitative estimate of drug-likeness (QED) is 0.782. The van der Waals surface area contributed by atoms with Crippen LogP contribution in [0.3, 0.4) is 0 Å². The Morgan fingerprint density at radius 3 is 2.37 bits per heavy atom. The minimum atomic E-state index is -2.01. The fraction of sp³-hybridized carbons (Fsp3) is 0.474. The summed E-state index contributed by atoms with van der Waals surface area (Å²) in [6.07, 6.45) is -0.0559. The van der Waals surface area contributed by atoms with Crippen molar-refractivity contribution in [1.82, 2.24) is 0 Å². The molecule has 0 spiro atoms. The third-order valence-corrected chi connectivity index (χ3v) is 6.10. The second kappa shape index (κ2) is 6.39. The predicted molar refractivity (Wildman–Crippen MR) is 97.6 cm³/mol. The first-order chi connectivity index (χ1) is 12.8. The van der Waals surface area contributed by atoms with Gasteiger partial charge in [-0.1, -0.05) is 42.6 Å². The molecule has 2 heterocycles. The van der Waals surface area contributed by atoms with E-state index >= 15 is 0 Å². The van der Waals surface area contributed by atoms with Gasteiger partial charge in [0, 0.05) is 22.5 Å². The summed E-state index contributed by atoms with van der Waals surface area (Å²) in [7, 11) is 0. The Labute approximate surface area is 167 Å². The summed E-state index contributed by atoms with van der Waals surface area (Å²) in [6, 6.07) is 10.7. The van der Waals surface area contributed by atoms with E-state index < -0.39 is 34.5 Å². The molecule has 8 heteroatoms. The lowest BCUT2D eigenvalue weighted by Gasteiger charge is -2.49. The second-order valence-corrected chi connectivity index (χ2v) is 7.75. The van der Waals surface area contributed by atoms with Gasteiger partial charge in [-0.25, -0.2) is 0 Å². The van der Waals surface area contributed by atoms with Crippen LogP contribution in [-0.2, 0) is 9.47 Å². The Morgan fingerprint density at radius 1 is 1.19 bits per heavy atom. The summed E-state index contributed by atoms with van der Waals surface area (Å²) in [5, 5.41) is 39.3. The Balaban J connectivity index is 2.34. The summed E-state index contributed by atoms with van der Waals surface area (Å²) in [5.74, 6) is -2.39. The number of rotatable bonds is 3. The topological polar surface area (TPSA) is 114 Å². The molecular formula is C19H16Cl2N4O2. The highest BCUT2D eigenvalue weighted by Crippen LogP contribution is 2.67. The molecular weight excluding hydrogens is 387 g/mol. The van der Waals surface area contributed by atoms with Crippen LogP contribution >= 0.6 is 23.2 Å². The highest BCUT2D eigenvalue weighted by atomic mass is 35.5. The minimum absolute atomic E-state index is 0.207. The molecule has 4 atom stereocenters. The molecule has 0 aliphatic carbocycles. The number of ether oxygens (including phenoxy) is 2. The minimum Gasteiger partial charge on any atom is -0.448 e. The van der Waals surface area contributed by atoms with Crippen LogP contribution in [0.5, 0.6) is 0 Å². The van der Waals surface area contributed by atoms with Gasteiger partial charge < -0.3 is 9.47 Å². The molecule has 0 saturated carbocycles. The van der Waals surface area contributed by atoms with Gasteiger partial charge >= 0.3 is 0 Å². The average Bonchev–Trinajstić information content (AvgIpc) is 2.79. The van der Waals surface area contributed by atoms with Gasteiger partial charge in [0.2, 0.25) is 17.1 Å². The summed E-state index contributed by atoms with van der Waals surface area (Å²) in [5.41, 5.74) is -3.43. The van der Waals surface area contributed by atoms with Crippen LogP contribution in [0.4, 0.5) is 0 Å². The van der Waals surface area contributed by atoms with E-state index in [-0.39, 0.29) is 5.02 Å². The largest absolute Gasteiger partial charge is 0.448 e. The van der Waals surface area contributed by atoms with Crippen molar-refractivity contribution in [2.24, 2.45) is 16.7 Å². The van der Waals surface area contributed by atoms with E-state index in [1.807, 2.05) is 19.1 Å². The van der Waals surface area contributed by atoms with Gasteiger partial charge in [0.15, 0.2) is 5.41 Å². The molecule has 27 heavy (non-hydrogen) atoms. The third-order valence-electron chi connectivity index (χ3n) is 5.54. The molecule has 2 saturated heterocycles. The summed E-state index contributed by atoms with van der Waals surface area (Å²) >= 11 is 12.3. The maximum absolute atomic E-state index is 10.1. The lowest BCUT2D eigenvalue weighted by Crippen LogP contribution is -2.58. The van der Waals surface area contributed by atoms with Crippen molar-refractivity contribution in [2.75, 3.05) is 0 Å². The Kier molecular flexibility index (Phi) is 4.61. The number of halogens is 2. The molecule has 0 radical (unpaired) electrons. The zero-order chi connectivity index (χ0) is 20.0. The number of benzene rings is 1. The number of nitrogens with zero attached hydrogens (tertiary/aromatic N) is 3. The highest BCUT2D eigenvalue weighted by molar-refractivity contribution is 6.35. The van der Waals surface area contributed by atoms with Gasteiger partial charge in [0.05, 0.1) is 24.1 Å². The van der Waals surface area contributed by atoms with Gasteiger partial charge in [0.25, 0.3) is 0 Å². The van der Waals surface area contributed by atoms with Crippen LogP contribution in [0, 0.1) is 56.2 Å². The van der Waals surface area contributed by atoms with Crippen LogP contribution in [0.25, 0.3) is 0 Å². The molecule has 0 aromatic heterocycles. The van der Waals surface area contributed by atoms with Gasteiger partial charge in [-0.2, -0.15) is 15.8 Å². The van der Waals surface area contributed by atoms with E-state index in [2.05, 4.69) is 6.07 Å². The molecule has 1 aromatic rings. The summed E-state index contributed by atoms with van der Waals surface area (Å²) < 4.78 is 11.8. The molecule has 4 unspecified atom stereocenters. The van der Waals surface area contributed by atoms with Gasteiger partial charge in [-0.05, 0) is 18.6 Å². The molecule has 2 bridgehead atoms. The third kappa shape index (κ3) is 2.30. The smallest absolute Gasteiger partial charge is 0.214 e. The van der Waals surface area contributed by atoms with Crippen molar-refractivity contribution in [3.63, 3.8) is 0 Å². The number of fused-ring (bicyclic) bond motifs is 2. The standard InChI is InChI=1S/C19H16Cl2N4O2/c1-3-4-14-17(2)26-15(12-6-5-11(20)7-13(12)21)18(8-22,9-23)19(14,10-24)16(25)27-17/h5-7,14-15,25H,3-4H2,1-2H3. The van der Waals surface area contributed by atoms with Crippen molar-refractivity contribution in [2.45, 2.75) is 38.6 Å². The first kappa shape index (κ1) is 19.5. The van der Waals surface area contributed by atoms with Gasteiger partial charge in [-0.3, -0.25) is 5.41 Å². The number of hydrogen-bond acceptors (Lipinski definition) is 6. The molecule has 3 rings (SSSR count). The molecule has 2 aliphatic heterocycles. The van der Waals surface area contributed by atoms with Crippen molar-refractivity contribution in [3.05, 3.63) is 33.8 Å². The van der Waals surface area contributed by atoms with Crippen LogP contribution in [0.2, 0.25) is 10.0 Å². The van der Waals surface area contributed by atoms with E-state index in [0.717, 1.165) is 0 Å². The molecule has 0 amide bonds. The SMILES string of the molecule is CCCC1C2(C)OC(=N)C1(C#N)C(C#N)(C#N)C(c1ccc(Cl)cc1Cl)O2. The molecule has 1 N–H and O–H groups in total. The Morgan fingerprint density at radius 2 is 1.85 bits per heavy atom. The molecule has 2 aliphatic rings. The van der Waals surface area contributed by atoms with E-state index in [0.29, 0.717) is 23.4 Å². The monoisotopic (exact) mass is 402 g/mol. The zero-order valence-corrected chi connectivity index (χ0v) is 16.2. The van der Waals surface area contributed by atoms with Crippen LogP contribution in [-0.4, -0.2) is 11.7 Å². The number of nitrogens with one attached hydrogen (secondary N) is 1. The molecule has 2 fully saturated rings. The maximum atomic E-state index is 10.1. The van der Waals surface area contributed by atoms with E-state index in [1.165, 1.54) is 6.07 Å².